The van der Waals surface area contributed by atoms with E-state index in [9.17, 15) is 10.0 Å². The minimum Gasteiger partial charge on any atom is -0.456 e. The Labute approximate surface area is 137 Å². The van der Waals surface area contributed by atoms with Gasteiger partial charge in [-0.15, -0.1) is 0 Å². The zero-order valence-electron chi connectivity index (χ0n) is 18.2. The van der Waals surface area contributed by atoms with E-state index in [1.807, 2.05) is 0 Å². The zero-order chi connectivity index (χ0) is 21.2. The summed E-state index contributed by atoms with van der Waals surface area (Å²) in [5.74, 6) is 0. The maximum Gasteiger partial charge on any atom is 0.488 e. The summed E-state index contributed by atoms with van der Waals surface area (Å²) in [4.78, 5) is 0. The molecule has 3 aromatic carbocycles. The average Bonchev–Trinajstić information content (AvgIpc) is 3.11. The van der Waals surface area contributed by atoms with E-state index in [-0.39, 0.29) is 57.1 Å². The van der Waals surface area contributed by atoms with Crippen LogP contribution in [0.4, 0.5) is 0 Å². The van der Waals surface area contributed by atoms with E-state index in [1.165, 1.54) is 24.3 Å². The second-order valence-electron chi connectivity index (χ2n) is 4.76. The minimum absolute atomic E-state index is 0.00634. The Morgan fingerprint density at radius 2 is 1.55 bits per heavy atom. The Morgan fingerprint density at radius 1 is 0.818 bits per heavy atom. The molecule has 0 spiro atoms. The Hall–Kier alpha value is -2.56. The summed E-state index contributed by atoms with van der Waals surface area (Å²) in [5, 5.41) is 18.4. The predicted molar refractivity (Wildman–Crippen MR) is 89.0 cm³/mol. The van der Waals surface area contributed by atoms with Gasteiger partial charge in [0, 0.05) is 10.8 Å². The Morgan fingerprint density at radius 3 is 2.32 bits per heavy atom. The van der Waals surface area contributed by atoms with Gasteiger partial charge in [0.05, 0.1) is 9.60 Å². The van der Waals surface area contributed by atoms with E-state index < -0.39 is 25.2 Å². The van der Waals surface area contributed by atoms with Gasteiger partial charge in [-0.05, 0) is 34.7 Å². The zero-order valence-corrected chi connectivity index (χ0v) is 11.2. The molecule has 0 atom stereocenters. The smallest absolute Gasteiger partial charge is 0.456 e. The molecule has 0 saturated heterocycles. The molecule has 4 rings (SSSR count). The summed E-state index contributed by atoms with van der Waals surface area (Å²) in [6.07, 6.45) is 0. The molecule has 4 aromatic rings. The molecular weight excluding hydrogens is 275 g/mol. The van der Waals surface area contributed by atoms with Crippen LogP contribution in [0.25, 0.3) is 33.1 Å². The van der Waals surface area contributed by atoms with Gasteiger partial charge in [-0.2, -0.15) is 0 Å². The van der Waals surface area contributed by atoms with Crippen molar-refractivity contribution in [3.63, 3.8) is 0 Å². The Bertz CT molecular complexity index is 1300. The molecule has 0 aliphatic rings. The van der Waals surface area contributed by atoms with Gasteiger partial charge in [0.1, 0.15) is 11.2 Å². The maximum atomic E-state index is 9.23. The molecule has 4 heteroatoms. The summed E-state index contributed by atoms with van der Waals surface area (Å²) in [6, 6.07) is 3.22. The number of rotatable bonds is 2. The van der Waals surface area contributed by atoms with Crippen molar-refractivity contribution in [3.8, 4) is 11.1 Å². The normalized spacial score (nSPS) is 15.6. The molecule has 3 nitrogen and oxygen atoms in total. The predicted octanol–water partition coefficient (Wildman–Crippen LogP) is 2.93. The van der Waals surface area contributed by atoms with Crippen LogP contribution in [0.2, 0.25) is 0 Å². The van der Waals surface area contributed by atoms with E-state index in [0.29, 0.717) is 5.56 Å². The van der Waals surface area contributed by atoms with Crippen molar-refractivity contribution in [3.05, 3.63) is 66.6 Å². The molecular formula is C18H13BO3. The Balaban J connectivity index is 2.11. The van der Waals surface area contributed by atoms with Gasteiger partial charge >= 0.3 is 7.12 Å². The number of hydrogen-bond donors (Lipinski definition) is 2. The molecule has 0 fully saturated rings. The number of furan rings is 1. The minimum atomic E-state index is -1.66. The SMILES string of the molecule is [2H]c1c([2H])c([2H])c2c(oc3c([2H])c(-c4ccc(B(O)O)cc4)c([2H])c([2H])c32)c1[2H]. The highest BCUT2D eigenvalue weighted by molar-refractivity contribution is 6.58. The van der Waals surface area contributed by atoms with Gasteiger partial charge in [-0.1, -0.05) is 48.4 Å². The molecule has 0 amide bonds. The first-order valence-electron chi connectivity index (χ1n) is 10.0. The van der Waals surface area contributed by atoms with Crippen LogP contribution in [0, 0.1) is 0 Å². The average molecular weight is 295 g/mol. The van der Waals surface area contributed by atoms with Crippen LogP contribution in [-0.2, 0) is 0 Å². The Kier molecular flexibility index (Phi) is 1.74. The standard InChI is InChI=1S/C18H13BO3/c20-19(21)14-8-5-12(6-9-14)13-7-10-16-15-3-1-2-4-17(15)22-18(16)11-13/h1-11,20-21H/i1D,2D,3D,4D,7D,10D,11D. The summed E-state index contributed by atoms with van der Waals surface area (Å²) < 4.78 is 62.8. The van der Waals surface area contributed by atoms with Crippen LogP contribution in [0.5, 0.6) is 0 Å². The largest absolute Gasteiger partial charge is 0.488 e. The molecule has 0 radical (unpaired) electrons. The molecule has 0 aliphatic heterocycles. The van der Waals surface area contributed by atoms with Crippen molar-refractivity contribution in [2.45, 2.75) is 0 Å². The highest BCUT2D eigenvalue weighted by Gasteiger charge is 2.11. The van der Waals surface area contributed by atoms with Gasteiger partial charge in [-0.25, -0.2) is 0 Å². The number of benzene rings is 3. The quantitative estimate of drug-likeness (QED) is 0.559. The van der Waals surface area contributed by atoms with Gasteiger partial charge in [0.15, 0.2) is 0 Å². The van der Waals surface area contributed by atoms with Crippen LogP contribution >= 0.6 is 0 Å². The third-order valence-electron chi connectivity index (χ3n) is 3.38. The first-order chi connectivity index (χ1) is 13.6. The fraction of sp³-hybridized carbons (Fsp3) is 0. The highest BCUT2D eigenvalue weighted by atomic mass is 16.4. The molecule has 106 valence electrons. The van der Waals surface area contributed by atoms with E-state index in [2.05, 4.69) is 0 Å². The van der Waals surface area contributed by atoms with Crippen molar-refractivity contribution >= 4 is 34.5 Å². The van der Waals surface area contributed by atoms with Gasteiger partial charge in [-0.3, -0.25) is 0 Å². The lowest BCUT2D eigenvalue weighted by Crippen LogP contribution is -2.29. The summed E-state index contributed by atoms with van der Waals surface area (Å²) in [6.45, 7) is 0. The summed E-state index contributed by atoms with van der Waals surface area (Å²) >= 11 is 0. The summed E-state index contributed by atoms with van der Waals surface area (Å²) in [7, 11) is -1.66. The molecule has 0 saturated carbocycles. The third-order valence-corrected chi connectivity index (χ3v) is 3.38. The lowest BCUT2D eigenvalue weighted by Gasteiger charge is -2.04. The molecule has 1 aromatic heterocycles. The molecule has 1 heterocycles. The topological polar surface area (TPSA) is 53.6 Å². The molecule has 2 N–H and O–H groups in total. The fourth-order valence-electron chi connectivity index (χ4n) is 2.26. The van der Waals surface area contributed by atoms with Crippen molar-refractivity contribution in [2.24, 2.45) is 0 Å². The lowest BCUT2D eigenvalue weighted by atomic mass is 9.80. The van der Waals surface area contributed by atoms with Gasteiger partial charge < -0.3 is 14.5 Å². The first kappa shape index (κ1) is 7.63. The summed E-state index contributed by atoms with van der Waals surface area (Å²) in [5.41, 5.74) is 0.430. The fourth-order valence-corrected chi connectivity index (χ4v) is 2.26. The van der Waals surface area contributed by atoms with Crippen LogP contribution in [0.1, 0.15) is 9.60 Å². The van der Waals surface area contributed by atoms with Gasteiger partial charge in [0.25, 0.3) is 0 Å². The van der Waals surface area contributed by atoms with Crippen LogP contribution in [0.15, 0.2) is 71.0 Å². The highest BCUT2D eigenvalue weighted by Crippen LogP contribution is 2.31. The second kappa shape index (κ2) is 5.02. The van der Waals surface area contributed by atoms with Crippen molar-refractivity contribution in [2.75, 3.05) is 0 Å². The number of hydrogen-bond acceptors (Lipinski definition) is 3. The van der Waals surface area contributed by atoms with Crippen LogP contribution in [0.3, 0.4) is 0 Å². The third kappa shape index (κ3) is 2.10. The molecule has 0 unspecified atom stereocenters. The number of fused-ring (bicyclic) bond motifs is 3. The van der Waals surface area contributed by atoms with Gasteiger partial charge in [0.2, 0.25) is 0 Å². The monoisotopic (exact) mass is 295 g/mol. The van der Waals surface area contributed by atoms with Crippen molar-refractivity contribution in [1.29, 1.82) is 0 Å². The molecule has 0 bridgehead atoms. The lowest BCUT2D eigenvalue weighted by molar-refractivity contribution is 0.426. The van der Waals surface area contributed by atoms with E-state index in [1.54, 1.807) is 0 Å². The number of para-hydroxylation sites is 1. The first-order valence-corrected chi connectivity index (χ1v) is 6.53. The van der Waals surface area contributed by atoms with Crippen molar-refractivity contribution < 1.29 is 24.1 Å². The van der Waals surface area contributed by atoms with E-state index in [0.717, 1.165) is 0 Å². The molecule has 22 heavy (non-hydrogen) atoms. The molecule has 0 aliphatic carbocycles. The van der Waals surface area contributed by atoms with Crippen LogP contribution in [-0.4, -0.2) is 17.2 Å². The van der Waals surface area contributed by atoms with E-state index in [4.69, 9.17) is 14.0 Å². The second-order valence-corrected chi connectivity index (χ2v) is 4.76. The van der Waals surface area contributed by atoms with E-state index >= 15 is 0 Å². The van der Waals surface area contributed by atoms with Crippen LogP contribution < -0.4 is 5.46 Å². The maximum absolute atomic E-state index is 9.23. The van der Waals surface area contributed by atoms with Crippen molar-refractivity contribution in [1.82, 2.24) is 0 Å².